The molecule has 0 radical (unpaired) electrons. The van der Waals surface area contributed by atoms with Gasteiger partial charge in [0.2, 0.25) is 0 Å². The SMILES string of the molecule is CN(C)c1ccc(C2CNCC23CCCC3)cc1. The fourth-order valence-electron chi connectivity index (χ4n) is 3.89. The van der Waals surface area contributed by atoms with Crippen LogP contribution >= 0.6 is 0 Å². The first-order valence-electron chi connectivity index (χ1n) is 7.19. The Hall–Kier alpha value is -1.02. The van der Waals surface area contributed by atoms with Gasteiger partial charge in [-0.2, -0.15) is 0 Å². The number of anilines is 1. The van der Waals surface area contributed by atoms with Crippen LogP contribution in [-0.4, -0.2) is 27.2 Å². The van der Waals surface area contributed by atoms with Crippen LogP contribution in [0.15, 0.2) is 24.3 Å². The Labute approximate surface area is 110 Å². The minimum atomic E-state index is 0.569. The van der Waals surface area contributed by atoms with E-state index in [-0.39, 0.29) is 0 Å². The van der Waals surface area contributed by atoms with Crippen molar-refractivity contribution in [2.75, 3.05) is 32.1 Å². The van der Waals surface area contributed by atoms with Crippen LogP contribution in [0.25, 0.3) is 0 Å². The normalized spacial score (nSPS) is 25.8. The van der Waals surface area contributed by atoms with Crippen LogP contribution in [0.1, 0.15) is 37.2 Å². The molecule has 2 nitrogen and oxygen atoms in total. The molecule has 0 aromatic heterocycles. The molecule has 1 saturated heterocycles. The molecule has 1 spiro atoms. The molecular formula is C16H24N2. The number of rotatable bonds is 2. The Morgan fingerprint density at radius 3 is 2.39 bits per heavy atom. The minimum absolute atomic E-state index is 0.569. The first-order chi connectivity index (χ1) is 8.71. The maximum absolute atomic E-state index is 3.63. The number of nitrogens with zero attached hydrogens (tertiary/aromatic N) is 1. The largest absolute Gasteiger partial charge is 0.378 e. The Bertz CT molecular complexity index is 396. The average Bonchev–Trinajstić information content (AvgIpc) is 3.01. The van der Waals surface area contributed by atoms with E-state index in [1.54, 1.807) is 0 Å². The maximum atomic E-state index is 3.63. The maximum Gasteiger partial charge on any atom is 0.0361 e. The molecule has 2 aliphatic rings. The summed E-state index contributed by atoms with van der Waals surface area (Å²) in [6.45, 7) is 2.40. The minimum Gasteiger partial charge on any atom is -0.378 e. The zero-order valence-corrected chi connectivity index (χ0v) is 11.6. The lowest BCUT2D eigenvalue weighted by molar-refractivity contribution is 0.295. The Morgan fingerprint density at radius 2 is 1.78 bits per heavy atom. The second-order valence-electron chi connectivity index (χ2n) is 6.24. The van der Waals surface area contributed by atoms with Crippen molar-refractivity contribution in [3.63, 3.8) is 0 Å². The second-order valence-corrected chi connectivity index (χ2v) is 6.24. The Balaban J connectivity index is 1.85. The predicted molar refractivity (Wildman–Crippen MR) is 77.3 cm³/mol. The van der Waals surface area contributed by atoms with E-state index in [1.165, 1.54) is 50.0 Å². The fourth-order valence-corrected chi connectivity index (χ4v) is 3.89. The summed E-state index contributed by atoms with van der Waals surface area (Å²) in [6, 6.07) is 9.20. The van der Waals surface area contributed by atoms with Crippen LogP contribution in [0.3, 0.4) is 0 Å². The van der Waals surface area contributed by atoms with Crippen molar-refractivity contribution in [2.45, 2.75) is 31.6 Å². The molecule has 1 saturated carbocycles. The van der Waals surface area contributed by atoms with E-state index < -0.39 is 0 Å². The van der Waals surface area contributed by atoms with Crippen LogP contribution in [0.5, 0.6) is 0 Å². The van der Waals surface area contributed by atoms with Crippen molar-refractivity contribution >= 4 is 5.69 Å². The van der Waals surface area contributed by atoms with Crippen LogP contribution in [0, 0.1) is 5.41 Å². The molecule has 1 N–H and O–H groups in total. The lowest BCUT2D eigenvalue weighted by Gasteiger charge is -2.30. The standard InChI is InChI=1S/C16H24N2/c1-18(2)14-7-5-13(6-8-14)15-11-17-12-16(15)9-3-4-10-16/h5-8,15,17H,3-4,9-12H2,1-2H3. The molecule has 2 heteroatoms. The number of nitrogens with one attached hydrogen (secondary N) is 1. The molecule has 1 aliphatic heterocycles. The van der Waals surface area contributed by atoms with Crippen molar-refractivity contribution in [1.29, 1.82) is 0 Å². The molecular weight excluding hydrogens is 220 g/mol. The highest BCUT2D eigenvalue weighted by Gasteiger charge is 2.45. The summed E-state index contributed by atoms with van der Waals surface area (Å²) in [5.41, 5.74) is 3.40. The third-order valence-electron chi connectivity index (χ3n) is 4.98. The van der Waals surface area contributed by atoms with Crippen molar-refractivity contribution in [2.24, 2.45) is 5.41 Å². The Morgan fingerprint density at radius 1 is 1.11 bits per heavy atom. The van der Waals surface area contributed by atoms with Gasteiger partial charge in [-0.15, -0.1) is 0 Å². The molecule has 1 aromatic rings. The lowest BCUT2D eigenvalue weighted by Crippen LogP contribution is -2.25. The highest BCUT2D eigenvalue weighted by molar-refractivity contribution is 5.47. The summed E-state index contributed by atoms with van der Waals surface area (Å²) >= 11 is 0. The highest BCUT2D eigenvalue weighted by Crippen LogP contribution is 2.50. The molecule has 1 aliphatic carbocycles. The van der Waals surface area contributed by atoms with E-state index in [0.717, 1.165) is 5.92 Å². The number of hydrogen-bond acceptors (Lipinski definition) is 2. The smallest absolute Gasteiger partial charge is 0.0361 e. The van der Waals surface area contributed by atoms with E-state index in [4.69, 9.17) is 0 Å². The van der Waals surface area contributed by atoms with E-state index in [2.05, 4.69) is 48.6 Å². The van der Waals surface area contributed by atoms with Crippen LogP contribution in [0.4, 0.5) is 5.69 Å². The molecule has 1 aromatic carbocycles. The van der Waals surface area contributed by atoms with Gasteiger partial charge in [0.25, 0.3) is 0 Å². The van der Waals surface area contributed by atoms with Gasteiger partial charge in [0.05, 0.1) is 0 Å². The fraction of sp³-hybridized carbons (Fsp3) is 0.625. The zero-order chi connectivity index (χ0) is 12.6. The van der Waals surface area contributed by atoms with E-state index in [9.17, 15) is 0 Å². The highest BCUT2D eigenvalue weighted by atomic mass is 15.1. The number of benzene rings is 1. The third-order valence-corrected chi connectivity index (χ3v) is 4.98. The lowest BCUT2D eigenvalue weighted by atomic mass is 9.73. The third kappa shape index (κ3) is 1.93. The molecule has 0 amide bonds. The van der Waals surface area contributed by atoms with Gasteiger partial charge in [0.15, 0.2) is 0 Å². The predicted octanol–water partition coefficient (Wildman–Crippen LogP) is 3.00. The van der Waals surface area contributed by atoms with Crippen LogP contribution in [-0.2, 0) is 0 Å². The van der Waals surface area contributed by atoms with Gasteiger partial charge >= 0.3 is 0 Å². The summed E-state index contributed by atoms with van der Waals surface area (Å²) < 4.78 is 0. The molecule has 1 heterocycles. The van der Waals surface area contributed by atoms with E-state index in [1.807, 2.05) is 0 Å². The van der Waals surface area contributed by atoms with Gasteiger partial charge in [0, 0.05) is 38.8 Å². The van der Waals surface area contributed by atoms with Crippen LogP contribution < -0.4 is 10.2 Å². The molecule has 3 rings (SSSR count). The van der Waals surface area contributed by atoms with Crippen molar-refractivity contribution in [3.8, 4) is 0 Å². The quantitative estimate of drug-likeness (QED) is 0.860. The average molecular weight is 244 g/mol. The number of hydrogen-bond donors (Lipinski definition) is 1. The topological polar surface area (TPSA) is 15.3 Å². The van der Waals surface area contributed by atoms with Gasteiger partial charge < -0.3 is 10.2 Å². The van der Waals surface area contributed by atoms with Crippen molar-refractivity contribution in [3.05, 3.63) is 29.8 Å². The second kappa shape index (κ2) is 4.58. The van der Waals surface area contributed by atoms with Gasteiger partial charge in [0.1, 0.15) is 0 Å². The van der Waals surface area contributed by atoms with Gasteiger partial charge in [-0.25, -0.2) is 0 Å². The molecule has 0 bridgehead atoms. The van der Waals surface area contributed by atoms with Gasteiger partial charge in [-0.1, -0.05) is 25.0 Å². The molecule has 98 valence electrons. The first kappa shape index (κ1) is 12.0. The van der Waals surface area contributed by atoms with Gasteiger partial charge in [-0.3, -0.25) is 0 Å². The summed E-state index contributed by atoms with van der Waals surface area (Å²) in [4.78, 5) is 2.17. The van der Waals surface area contributed by atoms with Crippen molar-refractivity contribution < 1.29 is 0 Å². The monoisotopic (exact) mass is 244 g/mol. The molecule has 18 heavy (non-hydrogen) atoms. The zero-order valence-electron chi connectivity index (χ0n) is 11.6. The first-order valence-corrected chi connectivity index (χ1v) is 7.19. The summed E-state index contributed by atoms with van der Waals surface area (Å²) in [7, 11) is 4.20. The van der Waals surface area contributed by atoms with Gasteiger partial charge in [-0.05, 0) is 36.0 Å². The Kier molecular flexibility index (Phi) is 3.06. The summed E-state index contributed by atoms with van der Waals surface area (Å²) in [6.07, 6.45) is 5.68. The van der Waals surface area contributed by atoms with E-state index >= 15 is 0 Å². The molecule has 1 unspecified atom stereocenters. The van der Waals surface area contributed by atoms with E-state index in [0.29, 0.717) is 5.41 Å². The summed E-state index contributed by atoms with van der Waals surface area (Å²) in [5.74, 6) is 0.733. The molecule has 2 fully saturated rings. The summed E-state index contributed by atoms with van der Waals surface area (Å²) in [5, 5.41) is 3.63. The van der Waals surface area contributed by atoms with Crippen molar-refractivity contribution in [1.82, 2.24) is 5.32 Å². The van der Waals surface area contributed by atoms with Crippen LogP contribution in [0.2, 0.25) is 0 Å². The molecule has 1 atom stereocenters.